The minimum absolute atomic E-state index is 0. The van der Waals surface area contributed by atoms with Crippen LogP contribution in [0.1, 0.15) is 33.6 Å². The van der Waals surface area contributed by atoms with Crippen LogP contribution in [0.5, 0.6) is 0 Å². The van der Waals surface area contributed by atoms with Crippen molar-refractivity contribution in [3.8, 4) is 0 Å². The van der Waals surface area contributed by atoms with Crippen LogP contribution in [0.2, 0.25) is 0 Å². The van der Waals surface area contributed by atoms with E-state index in [1.807, 2.05) is 0 Å². The molecule has 2 heteroatoms. The van der Waals surface area contributed by atoms with E-state index in [0.717, 1.165) is 23.8 Å². The zero-order chi connectivity index (χ0) is 8.93. The lowest BCUT2D eigenvalue weighted by atomic mass is 9.45. The van der Waals surface area contributed by atoms with Gasteiger partial charge in [-0.15, -0.1) is 0 Å². The molecule has 3 aliphatic rings. The van der Waals surface area contributed by atoms with Crippen LogP contribution in [0, 0.1) is 23.2 Å². The summed E-state index contributed by atoms with van der Waals surface area (Å²) in [5, 5.41) is 2.43. The first-order valence-electron chi connectivity index (χ1n) is 5.37. The molecule has 3 fully saturated rings. The molecule has 0 aromatic carbocycles. The monoisotopic (exact) mass is 203 g/mol. The Hall–Kier alpha value is 0.250. The standard InChI is InChI=1S/C11H21N.ClH/c1-7-9-5-8(11(9,2)3)6-10(7)12-4;/h7-10,12H,5-6H2,1-4H3;1H/t7-,8-,9-,10+;/m1./s1. The minimum atomic E-state index is 0. The Labute approximate surface area is 88.1 Å². The topological polar surface area (TPSA) is 16.6 Å². The largest absolute Gasteiger partial charge is 1.00 e. The third-order valence-corrected chi connectivity index (χ3v) is 4.84. The van der Waals surface area contributed by atoms with E-state index >= 15 is 0 Å². The van der Waals surface area contributed by atoms with Crippen molar-refractivity contribution >= 4 is 0 Å². The summed E-state index contributed by atoms with van der Waals surface area (Å²) >= 11 is 0. The fraction of sp³-hybridized carbons (Fsp3) is 1.00. The maximum atomic E-state index is 2.47. The molecule has 78 valence electrons. The van der Waals surface area contributed by atoms with Crippen LogP contribution in [0.15, 0.2) is 0 Å². The first kappa shape index (κ1) is 11.3. The number of halogens is 1. The van der Waals surface area contributed by atoms with E-state index in [4.69, 9.17) is 0 Å². The summed E-state index contributed by atoms with van der Waals surface area (Å²) in [7, 11) is 2.24. The highest BCUT2D eigenvalue weighted by atomic mass is 35.5. The van der Waals surface area contributed by atoms with Gasteiger partial charge in [0.05, 0.1) is 13.1 Å². The second-order valence-corrected chi connectivity index (χ2v) is 5.45. The van der Waals surface area contributed by atoms with E-state index in [-0.39, 0.29) is 12.4 Å². The second kappa shape index (κ2) is 3.43. The Balaban J connectivity index is 0.000000845. The van der Waals surface area contributed by atoms with Crippen LogP contribution in [-0.4, -0.2) is 13.1 Å². The predicted molar refractivity (Wildman–Crippen MR) is 50.8 cm³/mol. The molecule has 0 amide bonds. The molecule has 0 unspecified atom stereocenters. The molecule has 0 aromatic rings. The Morgan fingerprint density at radius 3 is 2.23 bits per heavy atom. The number of nitrogens with two attached hydrogens (primary N) is 1. The highest BCUT2D eigenvalue weighted by molar-refractivity contribution is 5.04. The van der Waals surface area contributed by atoms with Gasteiger partial charge in [-0.05, 0) is 23.7 Å². The molecule has 13 heavy (non-hydrogen) atoms. The van der Waals surface area contributed by atoms with Crippen molar-refractivity contribution in [2.45, 2.75) is 39.7 Å². The number of quaternary nitrogens is 1. The van der Waals surface area contributed by atoms with Crippen molar-refractivity contribution in [3.05, 3.63) is 0 Å². The molecule has 3 rings (SSSR count). The Bertz CT molecular complexity index is 191. The summed E-state index contributed by atoms with van der Waals surface area (Å²) in [5.74, 6) is 2.98. The lowest BCUT2D eigenvalue weighted by Crippen LogP contribution is -3.00. The summed E-state index contributed by atoms with van der Waals surface area (Å²) in [6.45, 7) is 7.38. The van der Waals surface area contributed by atoms with Crippen LogP contribution >= 0.6 is 0 Å². The van der Waals surface area contributed by atoms with E-state index in [1.165, 1.54) is 12.8 Å². The molecule has 4 atom stereocenters. The molecular weight excluding hydrogens is 182 g/mol. The van der Waals surface area contributed by atoms with Gasteiger partial charge in [0.15, 0.2) is 0 Å². The van der Waals surface area contributed by atoms with E-state index < -0.39 is 0 Å². The van der Waals surface area contributed by atoms with Crippen molar-refractivity contribution in [1.29, 1.82) is 0 Å². The summed E-state index contributed by atoms with van der Waals surface area (Å²) < 4.78 is 0. The molecule has 3 saturated carbocycles. The van der Waals surface area contributed by atoms with Gasteiger partial charge in [-0.25, -0.2) is 0 Å². The van der Waals surface area contributed by atoms with Gasteiger partial charge >= 0.3 is 0 Å². The quantitative estimate of drug-likeness (QED) is 0.521. The van der Waals surface area contributed by atoms with E-state index in [0.29, 0.717) is 5.41 Å². The summed E-state index contributed by atoms with van der Waals surface area (Å²) in [5.41, 5.74) is 0.666. The Kier molecular flexibility index (Phi) is 2.99. The third kappa shape index (κ3) is 1.41. The summed E-state index contributed by atoms with van der Waals surface area (Å²) in [6.07, 6.45) is 2.97. The average Bonchev–Trinajstić information content (AvgIpc) is 2.03. The van der Waals surface area contributed by atoms with Crippen molar-refractivity contribution in [2.75, 3.05) is 7.05 Å². The molecule has 1 nitrogen and oxygen atoms in total. The van der Waals surface area contributed by atoms with E-state index in [9.17, 15) is 0 Å². The molecule has 0 aliphatic heterocycles. The maximum Gasteiger partial charge on any atom is 0.0888 e. The highest BCUT2D eigenvalue weighted by Gasteiger charge is 2.57. The van der Waals surface area contributed by atoms with Gasteiger partial charge in [0.1, 0.15) is 0 Å². The van der Waals surface area contributed by atoms with Gasteiger partial charge in [0, 0.05) is 12.3 Å². The molecule has 3 aliphatic carbocycles. The molecule has 2 bridgehead atoms. The predicted octanol–water partition coefficient (Wildman–Crippen LogP) is -1.75. The lowest BCUT2D eigenvalue weighted by Gasteiger charge is -2.60. The zero-order valence-corrected chi connectivity index (χ0v) is 9.93. The molecular formula is C11H22ClN. The fourth-order valence-corrected chi connectivity index (χ4v) is 3.63. The molecule has 0 heterocycles. The second-order valence-electron chi connectivity index (χ2n) is 5.45. The van der Waals surface area contributed by atoms with Gasteiger partial charge in [-0.2, -0.15) is 0 Å². The minimum Gasteiger partial charge on any atom is -1.00 e. The van der Waals surface area contributed by atoms with Gasteiger partial charge in [-0.3, -0.25) is 0 Å². The van der Waals surface area contributed by atoms with Crippen LogP contribution in [0.3, 0.4) is 0 Å². The zero-order valence-electron chi connectivity index (χ0n) is 9.18. The van der Waals surface area contributed by atoms with Crippen LogP contribution < -0.4 is 17.7 Å². The molecule has 2 N–H and O–H groups in total. The normalized spacial score (nSPS) is 46.2. The number of hydrogen-bond acceptors (Lipinski definition) is 0. The van der Waals surface area contributed by atoms with Crippen molar-refractivity contribution in [3.63, 3.8) is 0 Å². The van der Waals surface area contributed by atoms with Gasteiger partial charge in [-0.1, -0.05) is 20.8 Å². The summed E-state index contributed by atoms with van der Waals surface area (Å²) in [4.78, 5) is 0. The highest BCUT2D eigenvalue weighted by Crippen LogP contribution is 2.60. The average molecular weight is 204 g/mol. The van der Waals surface area contributed by atoms with E-state index in [2.05, 4.69) is 33.1 Å². The third-order valence-electron chi connectivity index (χ3n) is 4.84. The van der Waals surface area contributed by atoms with Crippen LogP contribution in [0.25, 0.3) is 0 Å². The Morgan fingerprint density at radius 2 is 1.85 bits per heavy atom. The first-order valence-corrected chi connectivity index (χ1v) is 5.37. The van der Waals surface area contributed by atoms with Gasteiger partial charge in [0.25, 0.3) is 0 Å². The first-order chi connectivity index (χ1) is 5.57. The number of hydrogen-bond donors (Lipinski definition) is 1. The van der Waals surface area contributed by atoms with Crippen LogP contribution in [0.4, 0.5) is 0 Å². The molecule has 0 radical (unpaired) electrons. The molecule has 0 spiro atoms. The van der Waals surface area contributed by atoms with Crippen molar-refractivity contribution < 1.29 is 17.7 Å². The van der Waals surface area contributed by atoms with Crippen LogP contribution in [-0.2, 0) is 0 Å². The number of fused-ring (bicyclic) bond motifs is 2. The Morgan fingerprint density at radius 1 is 1.23 bits per heavy atom. The smallest absolute Gasteiger partial charge is 0.0888 e. The van der Waals surface area contributed by atoms with Gasteiger partial charge in [0.2, 0.25) is 0 Å². The molecule has 0 aromatic heterocycles. The lowest BCUT2D eigenvalue weighted by molar-refractivity contribution is -0.680. The van der Waals surface area contributed by atoms with Crippen molar-refractivity contribution in [1.82, 2.24) is 0 Å². The number of rotatable bonds is 1. The maximum absolute atomic E-state index is 2.47. The molecule has 0 saturated heterocycles. The summed E-state index contributed by atoms with van der Waals surface area (Å²) in [6, 6.07) is 0.918. The van der Waals surface area contributed by atoms with E-state index in [1.54, 1.807) is 0 Å². The fourth-order valence-electron chi connectivity index (χ4n) is 3.63. The van der Waals surface area contributed by atoms with Crippen molar-refractivity contribution in [2.24, 2.45) is 23.2 Å². The van der Waals surface area contributed by atoms with Gasteiger partial charge < -0.3 is 17.7 Å². The SMILES string of the molecule is C[NH2+][C@H]1C[C@H]2C[C@H]([C@H]1C)C2(C)C.[Cl-].